The number of nitrogens with one attached hydrogen (secondary N) is 1. The van der Waals surface area contributed by atoms with Crippen molar-refractivity contribution in [3.8, 4) is 22.5 Å². The highest BCUT2D eigenvalue weighted by atomic mass is 32.2. The van der Waals surface area contributed by atoms with Gasteiger partial charge >= 0.3 is 6.18 Å². The third kappa shape index (κ3) is 5.52. The minimum atomic E-state index is -4.90. The Morgan fingerprint density at radius 1 is 1.02 bits per heavy atom. The van der Waals surface area contributed by atoms with E-state index in [9.17, 15) is 30.4 Å². The van der Waals surface area contributed by atoms with E-state index in [1.165, 1.54) is 30.3 Å². The molecule has 2 fully saturated rings. The van der Waals surface area contributed by atoms with E-state index in [1.807, 2.05) is 0 Å². The van der Waals surface area contributed by atoms with Gasteiger partial charge in [0.15, 0.2) is 5.65 Å². The van der Waals surface area contributed by atoms with Gasteiger partial charge < -0.3 is 9.84 Å². The number of fused-ring (bicyclic) bond motifs is 1. The fourth-order valence-electron chi connectivity index (χ4n) is 6.50. The summed E-state index contributed by atoms with van der Waals surface area (Å²) in [6.45, 7) is 2.59. The van der Waals surface area contributed by atoms with Gasteiger partial charge in [-0.05, 0) is 57.4 Å². The Balaban J connectivity index is 1.38. The molecule has 4 aromatic heterocycles. The summed E-state index contributed by atoms with van der Waals surface area (Å²) in [6, 6.07) is 9.87. The van der Waals surface area contributed by atoms with Gasteiger partial charge in [0.25, 0.3) is 15.9 Å². The van der Waals surface area contributed by atoms with Crippen LogP contribution in [0.2, 0.25) is 0 Å². The van der Waals surface area contributed by atoms with Crippen LogP contribution in [-0.4, -0.2) is 68.5 Å². The molecular formula is C31H28F5N7O3S. The fraction of sp³-hybridized carbons (Fsp3) is 0.355. The van der Waals surface area contributed by atoms with Gasteiger partial charge in [0.1, 0.15) is 11.3 Å². The zero-order valence-corrected chi connectivity index (χ0v) is 25.9. The largest absolute Gasteiger partial charge is 0.419 e. The number of halogens is 5. The number of aromatic nitrogens is 5. The average Bonchev–Trinajstić information content (AvgIpc) is 3.72. The highest BCUT2D eigenvalue weighted by molar-refractivity contribution is 7.90. The molecule has 0 amide bonds. The van der Waals surface area contributed by atoms with Crippen molar-refractivity contribution >= 4 is 27.0 Å². The van der Waals surface area contributed by atoms with Crippen LogP contribution in [0.5, 0.6) is 0 Å². The van der Waals surface area contributed by atoms with Crippen LogP contribution >= 0.6 is 0 Å². The molecule has 5 heterocycles. The minimum absolute atomic E-state index is 0.0942. The first-order valence-electron chi connectivity index (χ1n) is 14.8. The van der Waals surface area contributed by atoms with Crippen LogP contribution in [0.25, 0.3) is 33.5 Å². The second kappa shape index (κ2) is 11.1. The zero-order valence-electron chi connectivity index (χ0n) is 25.1. The van der Waals surface area contributed by atoms with Gasteiger partial charge in [-0.3, -0.25) is 4.90 Å². The number of nitrogens with zero attached hydrogens (tertiary/aromatic N) is 6. The summed E-state index contributed by atoms with van der Waals surface area (Å²) in [4.78, 5) is 14.4. The zero-order chi connectivity index (χ0) is 33.3. The molecule has 1 aliphatic carbocycles. The van der Waals surface area contributed by atoms with E-state index < -0.39 is 33.4 Å². The number of anilines is 1. The summed E-state index contributed by atoms with van der Waals surface area (Å²) >= 11 is 0. The summed E-state index contributed by atoms with van der Waals surface area (Å²) in [7, 11) is -4.35. The second-order valence-corrected chi connectivity index (χ2v) is 13.7. The Hall–Kier alpha value is -4.44. The number of hydrogen-bond acceptors (Lipinski definition) is 9. The smallest absolute Gasteiger partial charge is 0.361 e. The van der Waals surface area contributed by atoms with Crippen LogP contribution in [0.1, 0.15) is 36.3 Å². The molecule has 0 radical (unpaired) electrons. The quantitative estimate of drug-likeness (QED) is 0.199. The van der Waals surface area contributed by atoms with Crippen LogP contribution in [0, 0.1) is 13.8 Å². The van der Waals surface area contributed by atoms with E-state index in [0.717, 1.165) is 16.6 Å². The van der Waals surface area contributed by atoms with Crippen molar-refractivity contribution in [2.75, 3.05) is 18.4 Å². The molecule has 0 spiro atoms. The Bertz CT molecular complexity index is 2070. The molecule has 1 unspecified atom stereocenters. The lowest BCUT2D eigenvalue weighted by atomic mass is 10.0. The van der Waals surface area contributed by atoms with Crippen molar-refractivity contribution in [1.82, 2.24) is 29.0 Å². The lowest BCUT2D eigenvalue weighted by molar-refractivity contribution is -0.145. The van der Waals surface area contributed by atoms with Gasteiger partial charge in [-0.15, -0.1) is 0 Å². The van der Waals surface area contributed by atoms with E-state index >= 15 is 0 Å². The summed E-state index contributed by atoms with van der Waals surface area (Å²) in [5.41, 5.74) is -0.672. The summed E-state index contributed by atoms with van der Waals surface area (Å²) in [6.07, 6.45) is -1.20. The Morgan fingerprint density at radius 3 is 2.43 bits per heavy atom. The van der Waals surface area contributed by atoms with E-state index in [0.29, 0.717) is 41.8 Å². The van der Waals surface area contributed by atoms with Crippen molar-refractivity contribution < 1.29 is 34.9 Å². The number of hydrogen-bond donors (Lipinski definition) is 1. The molecule has 1 saturated carbocycles. The van der Waals surface area contributed by atoms with Gasteiger partial charge in [-0.1, -0.05) is 23.4 Å². The van der Waals surface area contributed by atoms with E-state index in [1.54, 1.807) is 30.9 Å². The van der Waals surface area contributed by atoms with E-state index in [2.05, 4.69) is 25.4 Å². The molecule has 16 heteroatoms. The molecule has 1 aromatic carbocycles. The van der Waals surface area contributed by atoms with Gasteiger partial charge in [-0.25, -0.2) is 36.1 Å². The molecule has 2 atom stereocenters. The van der Waals surface area contributed by atoms with Crippen molar-refractivity contribution in [2.45, 2.75) is 62.2 Å². The summed E-state index contributed by atoms with van der Waals surface area (Å²) in [5, 5.41) is 7.11. The number of rotatable bonds is 7. The van der Waals surface area contributed by atoms with Crippen LogP contribution in [0.4, 0.5) is 27.9 Å². The number of likely N-dealkylation sites (tertiary alicyclic amines) is 1. The molecule has 47 heavy (non-hydrogen) atoms. The van der Waals surface area contributed by atoms with Gasteiger partial charge in [-0.2, -0.15) is 13.2 Å². The molecule has 1 N–H and O–H groups in total. The first-order valence-corrected chi connectivity index (χ1v) is 16.3. The molecule has 5 aromatic rings. The van der Waals surface area contributed by atoms with Crippen molar-refractivity contribution in [3.05, 3.63) is 71.9 Å². The maximum Gasteiger partial charge on any atom is 0.419 e. The number of aryl methyl sites for hydroxylation is 2. The predicted octanol–water partition coefficient (Wildman–Crippen LogP) is 6.30. The first kappa shape index (κ1) is 31.2. The highest BCUT2D eigenvalue weighted by Gasteiger charge is 2.49. The standard InChI is InChI=1S/C31H28F5N7O3S/c1-17-26(18(2)46-41-17)24-12-11-20-21(14-43(28(20)38-24)47(44,45)19-7-4-3-5-8-19)27-22(31(34,35)36)13-37-29(40-27)39-23-9-6-10-25(23)42-15-30(32,33)16-42/h3-5,7-8,11-14,23,25H,6,9-10,15-16H2,1-2H3,(H,37,39,40)/t23-,25?/m0/s1. The van der Waals surface area contributed by atoms with Gasteiger partial charge in [0, 0.05) is 35.4 Å². The van der Waals surface area contributed by atoms with Gasteiger partial charge in [0.05, 0.1) is 40.6 Å². The Labute approximate surface area is 265 Å². The number of benzene rings is 1. The van der Waals surface area contributed by atoms with E-state index in [4.69, 9.17) is 4.52 Å². The van der Waals surface area contributed by atoms with Crippen molar-refractivity contribution in [2.24, 2.45) is 0 Å². The van der Waals surface area contributed by atoms with Gasteiger partial charge in [0.2, 0.25) is 5.95 Å². The normalized spacial score (nSPS) is 20.1. The van der Waals surface area contributed by atoms with E-state index in [-0.39, 0.29) is 52.6 Å². The third-order valence-electron chi connectivity index (χ3n) is 8.69. The molecule has 0 bridgehead atoms. The predicted molar refractivity (Wildman–Crippen MR) is 161 cm³/mol. The minimum Gasteiger partial charge on any atom is -0.361 e. The van der Waals surface area contributed by atoms with Crippen molar-refractivity contribution in [3.63, 3.8) is 0 Å². The topological polar surface area (TPSA) is 119 Å². The molecule has 246 valence electrons. The molecular weight excluding hydrogens is 645 g/mol. The Kier molecular flexibility index (Phi) is 7.35. The summed E-state index contributed by atoms with van der Waals surface area (Å²) < 4.78 is 105. The maximum atomic E-state index is 14.5. The maximum absolute atomic E-state index is 14.5. The Morgan fingerprint density at radius 2 is 1.77 bits per heavy atom. The lowest BCUT2D eigenvalue weighted by Crippen LogP contribution is -2.62. The lowest BCUT2D eigenvalue weighted by Gasteiger charge is -2.44. The molecule has 2 aliphatic rings. The number of alkyl halides is 5. The SMILES string of the molecule is Cc1noc(C)c1-c1ccc2c(-c3nc(N[C@H]4CCCC4N4CC(F)(F)C4)ncc3C(F)(F)F)cn(S(=O)(=O)c3ccccc3)c2n1. The highest BCUT2D eigenvalue weighted by Crippen LogP contribution is 2.41. The molecule has 1 saturated heterocycles. The van der Waals surface area contributed by atoms with Crippen LogP contribution < -0.4 is 5.32 Å². The van der Waals surface area contributed by atoms with Crippen molar-refractivity contribution in [1.29, 1.82) is 0 Å². The summed E-state index contributed by atoms with van der Waals surface area (Å²) in [5.74, 6) is -2.47. The monoisotopic (exact) mass is 673 g/mol. The first-order chi connectivity index (χ1) is 22.2. The third-order valence-corrected chi connectivity index (χ3v) is 10.4. The fourth-order valence-corrected chi connectivity index (χ4v) is 7.84. The second-order valence-electron chi connectivity index (χ2n) is 11.9. The number of pyridine rings is 1. The van der Waals surface area contributed by atoms with Crippen LogP contribution in [0.15, 0.2) is 64.3 Å². The molecule has 7 rings (SSSR count). The van der Waals surface area contributed by atoms with Crippen LogP contribution in [-0.2, 0) is 16.2 Å². The molecule has 10 nitrogen and oxygen atoms in total. The average molecular weight is 674 g/mol. The van der Waals surface area contributed by atoms with Crippen LogP contribution in [0.3, 0.4) is 0 Å². The molecule has 1 aliphatic heterocycles.